The van der Waals surface area contributed by atoms with Gasteiger partial charge < -0.3 is 9.73 Å². The number of hydrogen-bond donors (Lipinski definition) is 1. The van der Waals surface area contributed by atoms with Crippen molar-refractivity contribution in [2.75, 3.05) is 13.1 Å². The largest absolute Gasteiger partial charge is 0.465 e. The maximum atomic E-state index is 5.74. The molecule has 1 aliphatic heterocycles. The molecule has 2 heterocycles. The molecule has 0 aliphatic carbocycles. The SMILES string of the molecule is Cc1ccc(CN2CC(C)NCC2c2ccccc2)o1. The van der Waals surface area contributed by atoms with Gasteiger partial charge in [-0.3, -0.25) is 4.90 Å². The van der Waals surface area contributed by atoms with E-state index in [0.717, 1.165) is 31.2 Å². The Balaban J connectivity index is 1.80. The number of piperazine rings is 1. The summed E-state index contributed by atoms with van der Waals surface area (Å²) in [5.74, 6) is 2.04. The molecule has 0 bridgehead atoms. The van der Waals surface area contributed by atoms with Crippen molar-refractivity contribution in [2.45, 2.75) is 32.5 Å². The van der Waals surface area contributed by atoms with Crippen LogP contribution in [0.3, 0.4) is 0 Å². The summed E-state index contributed by atoms with van der Waals surface area (Å²) >= 11 is 0. The summed E-state index contributed by atoms with van der Waals surface area (Å²) in [7, 11) is 0. The normalized spacial score (nSPS) is 23.9. The van der Waals surface area contributed by atoms with Gasteiger partial charge >= 0.3 is 0 Å². The molecule has 3 rings (SSSR count). The highest BCUT2D eigenvalue weighted by Crippen LogP contribution is 2.25. The fourth-order valence-electron chi connectivity index (χ4n) is 2.93. The van der Waals surface area contributed by atoms with E-state index in [1.165, 1.54) is 5.56 Å². The number of aryl methyl sites for hydroxylation is 1. The summed E-state index contributed by atoms with van der Waals surface area (Å²) < 4.78 is 5.74. The molecule has 1 aromatic carbocycles. The second kappa shape index (κ2) is 5.81. The fraction of sp³-hybridized carbons (Fsp3) is 0.412. The molecule has 1 saturated heterocycles. The molecule has 1 aromatic heterocycles. The molecule has 2 aromatic rings. The van der Waals surface area contributed by atoms with Crippen molar-refractivity contribution >= 4 is 0 Å². The number of hydrogen-bond acceptors (Lipinski definition) is 3. The predicted molar refractivity (Wildman–Crippen MR) is 80.5 cm³/mol. The second-order valence-electron chi connectivity index (χ2n) is 5.68. The van der Waals surface area contributed by atoms with Crippen LogP contribution in [-0.4, -0.2) is 24.0 Å². The molecular weight excluding hydrogens is 248 g/mol. The lowest BCUT2D eigenvalue weighted by Gasteiger charge is -2.39. The topological polar surface area (TPSA) is 28.4 Å². The highest BCUT2D eigenvalue weighted by molar-refractivity contribution is 5.20. The van der Waals surface area contributed by atoms with E-state index < -0.39 is 0 Å². The van der Waals surface area contributed by atoms with Crippen LogP contribution in [0, 0.1) is 6.92 Å². The summed E-state index contributed by atoms with van der Waals surface area (Å²) in [6.07, 6.45) is 0. The van der Waals surface area contributed by atoms with Crippen molar-refractivity contribution in [1.82, 2.24) is 10.2 Å². The summed E-state index contributed by atoms with van der Waals surface area (Å²) in [5.41, 5.74) is 1.37. The Morgan fingerprint density at radius 1 is 1.20 bits per heavy atom. The lowest BCUT2D eigenvalue weighted by atomic mass is 10.0. The zero-order valence-electron chi connectivity index (χ0n) is 12.2. The van der Waals surface area contributed by atoms with E-state index in [1.54, 1.807) is 0 Å². The predicted octanol–water partition coefficient (Wildman–Crippen LogP) is 3.12. The lowest BCUT2D eigenvalue weighted by Crippen LogP contribution is -2.50. The van der Waals surface area contributed by atoms with Crippen LogP contribution in [0.15, 0.2) is 46.9 Å². The number of benzene rings is 1. The van der Waals surface area contributed by atoms with E-state index in [0.29, 0.717) is 12.1 Å². The lowest BCUT2D eigenvalue weighted by molar-refractivity contribution is 0.118. The highest BCUT2D eigenvalue weighted by atomic mass is 16.3. The van der Waals surface area contributed by atoms with Gasteiger partial charge in [-0.1, -0.05) is 30.3 Å². The Morgan fingerprint density at radius 2 is 2.00 bits per heavy atom. The Labute approximate surface area is 120 Å². The van der Waals surface area contributed by atoms with Crippen molar-refractivity contribution in [2.24, 2.45) is 0 Å². The van der Waals surface area contributed by atoms with Gasteiger partial charge in [0, 0.05) is 25.2 Å². The molecule has 2 atom stereocenters. The minimum atomic E-state index is 0.415. The van der Waals surface area contributed by atoms with Crippen LogP contribution >= 0.6 is 0 Å². The monoisotopic (exact) mass is 270 g/mol. The third-order valence-electron chi connectivity index (χ3n) is 3.95. The van der Waals surface area contributed by atoms with Gasteiger partial charge in [0.15, 0.2) is 0 Å². The van der Waals surface area contributed by atoms with Gasteiger partial charge in [-0.2, -0.15) is 0 Å². The van der Waals surface area contributed by atoms with E-state index in [4.69, 9.17) is 4.42 Å². The van der Waals surface area contributed by atoms with Gasteiger partial charge in [-0.15, -0.1) is 0 Å². The summed E-state index contributed by atoms with van der Waals surface area (Å²) in [5, 5.41) is 3.58. The number of nitrogens with zero attached hydrogens (tertiary/aromatic N) is 1. The van der Waals surface area contributed by atoms with Crippen LogP contribution < -0.4 is 5.32 Å². The first-order valence-corrected chi connectivity index (χ1v) is 7.30. The van der Waals surface area contributed by atoms with Gasteiger partial charge in [0.2, 0.25) is 0 Å². The Morgan fingerprint density at radius 3 is 2.70 bits per heavy atom. The number of rotatable bonds is 3. The van der Waals surface area contributed by atoms with E-state index in [-0.39, 0.29) is 0 Å². The van der Waals surface area contributed by atoms with Crippen LogP contribution in [0.5, 0.6) is 0 Å². The Kier molecular flexibility index (Phi) is 3.90. The first-order valence-electron chi connectivity index (χ1n) is 7.30. The fourth-order valence-corrected chi connectivity index (χ4v) is 2.93. The van der Waals surface area contributed by atoms with Crippen molar-refractivity contribution in [3.05, 3.63) is 59.5 Å². The van der Waals surface area contributed by atoms with Crippen molar-refractivity contribution in [1.29, 1.82) is 0 Å². The third-order valence-corrected chi connectivity index (χ3v) is 3.95. The smallest absolute Gasteiger partial charge is 0.118 e. The summed E-state index contributed by atoms with van der Waals surface area (Å²) in [4.78, 5) is 2.51. The molecule has 3 heteroatoms. The van der Waals surface area contributed by atoms with Gasteiger partial charge in [0.1, 0.15) is 11.5 Å². The van der Waals surface area contributed by atoms with Crippen LogP contribution in [0.25, 0.3) is 0 Å². The zero-order chi connectivity index (χ0) is 13.9. The molecule has 1 fully saturated rings. The van der Waals surface area contributed by atoms with Crippen LogP contribution in [0.1, 0.15) is 30.0 Å². The van der Waals surface area contributed by atoms with Crippen LogP contribution in [0.2, 0.25) is 0 Å². The average molecular weight is 270 g/mol. The van der Waals surface area contributed by atoms with Gasteiger partial charge in [-0.25, -0.2) is 0 Å². The molecule has 1 N–H and O–H groups in total. The molecular formula is C17H22N2O. The van der Waals surface area contributed by atoms with Crippen LogP contribution in [0.4, 0.5) is 0 Å². The summed E-state index contributed by atoms with van der Waals surface area (Å²) in [6, 6.07) is 15.8. The Hall–Kier alpha value is -1.58. The second-order valence-corrected chi connectivity index (χ2v) is 5.68. The molecule has 20 heavy (non-hydrogen) atoms. The van der Waals surface area contributed by atoms with E-state index >= 15 is 0 Å². The standard InChI is InChI=1S/C17H22N2O/c1-13-11-19(12-16-9-8-14(2)20-16)17(10-18-13)15-6-4-3-5-7-15/h3-9,13,17-18H,10-12H2,1-2H3. The highest BCUT2D eigenvalue weighted by Gasteiger charge is 2.27. The van der Waals surface area contributed by atoms with Gasteiger partial charge in [0.05, 0.1) is 6.54 Å². The number of nitrogens with one attached hydrogen (secondary N) is 1. The first kappa shape index (κ1) is 13.4. The molecule has 0 spiro atoms. The van der Waals surface area contributed by atoms with Crippen LogP contribution in [-0.2, 0) is 6.54 Å². The molecule has 106 valence electrons. The Bertz CT molecular complexity index is 549. The molecule has 1 aliphatic rings. The zero-order valence-corrected chi connectivity index (χ0v) is 12.2. The van der Waals surface area contributed by atoms with E-state index in [2.05, 4.69) is 53.5 Å². The first-order chi connectivity index (χ1) is 9.72. The number of furan rings is 1. The minimum absolute atomic E-state index is 0.415. The average Bonchev–Trinajstić information content (AvgIpc) is 2.85. The quantitative estimate of drug-likeness (QED) is 0.929. The molecule has 2 unspecified atom stereocenters. The molecule has 0 saturated carbocycles. The maximum absolute atomic E-state index is 5.74. The maximum Gasteiger partial charge on any atom is 0.118 e. The van der Waals surface area contributed by atoms with Crippen molar-refractivity contribution in [3.8, 4) is 0 Å². The third kappa shape index (κ3) is 2.94. The van der Waals surface area contributed by atoms with Crippen molar-refractivity contribution < 1.29 is 4.42 Å². The molecule has 3 nitrogen and oxygen atoms in total. The summed E-state index contributed by atoms with van der Waals surface area (Å²) in [6.45, 7) is 7.14. The van der Waals surface area contributed by atoms with E-state index in [9.17, 15) is 0 Å². The van der Waals surface area contributed by atoms with Gasteiger partial charge in [0.25, 0.3) is 0 Å². The van der Waals surface area contributed by atoms with Gasteiger partial charge in [-0.05, 0) is 31.5 Å². The molecule has 0 amide bonds. The minimum Gasteiger partial charge on any atom is -0.465 e. The van der Waals surface area contributed by atoms with E-state index in [1.807, 2.05) is 13.0 Å². The molecule has 0 radical (unpaired) electrons. The van der Waals surface area contributed by atoms with Crippen molar-refractivity contribution in [3.63, 3.8) is 0 Å².